The second kappa shape index (κ2) is 16.2. The number of aromatic amines is 1. The van der Waals surface area contributed by atoms with Crippen molar-refractivity contribution in [3.8, 4) is 16.9 Å². The van der Waals surface area contributed by atoms with E-state index in [9.17, 15) is 24.6 Å². The van der Waals surface area contributed by atoms with Gasteiger partial charge in [0.2, 0.25) is 11.5 Å². The molecule has 4 aromatic carbocycles. The van der Waals surface area contributed by atoms with Crippen molar-refractivity contribution < 1.29 is 29.0 Å². The molecule has 52 heavy (non-hydrogen) atoms. The summed E-state index contributed by atoms with van der Waals surface area (Å²) >= 11 is 0. The summed E-state index contributed by atoms with van der Waals surface area (Å²) in [5.74, 6) is -0.184. The second-order valence-electron chi connectivity index (χ2n) is 14.0. The molecule has 0 spiro atoms. The minimum Gasteiger partial charge on any atom is -0.506 e. The van der Waals surface area contributed by atoms with Crippen LogP contribution in [0.2, 0.25) is 0 Å². The predicted molar refractivity (Wildman–Crippen MR) is 203 cm³/mol. The molecule has 0 aliphatic carbocycles. The van der Waals surface area contributed by atoms with Crippen molar-refractivity contribution in [3.63, 3.8) is 0 Å². The number of aromatic nitrogens is 1. The average Bonchev–Trinajstić information content (AvgIpc) is 3.13. The van der Waals surface area contributed by atoms with Gasteiger partial charge in [0.15, 0.2) is 0 Å². The first-order valence-electron chi connectivity index (χ1n) is 17.6. The number of aliphatic hydroxyl groups is 1. The predicted octanol–water partition coefficient (Wildman–Crippen LogP) is 6.08. The largest absolute Gasteiger partial charge is 0.506 e. The number of pyridine rings is 1. The molecule has 6 rings (SSSR count). The third-order valence-electron chi connectivity index (χ3n) is 9.60. The molecule has 0 bridgehead atoms. The van der Waals surface area contributed by atoms with Gasteiger partial charge in [-0.2, -0.15) is 0 Å². The minimum absolute atomic E-state index is 0.0554. The lowest BCUT2D eigenvalue weighted by Gasteiger charge is -2.36. The van der Waals surface area contributed by atoms with Crippen molar-refractivity contribution in [1.82, 2.24) is 10.3 Å². The van der Waals surface area contributed by atoms with Crippen molar-refractivity contribution in [1.29, 1.82) is 0 Å². The van der Waals surface area contributed by atoms with E-state index in [2.05, 4.69) is 35.0 Å². The highest BCUT2D eigenvalue weighted by molar-refractivity contribution is 5.93. The van der Waals surface area contributed by atoms with Gasteiger partial charge >= 0.3 is 6.09 Å². The second-order valence-corrected chi connectivity index (χ2v) is 14.0. The highest BCUT2D eigenvalue weighted by Gasteiger charge is 2.28. The number of hydrogen-bond acceptors (Lipinski definition) is 7. The monoisotopic (exact) mass is 704 g/mol. The fourth-order valence-electron chi connectivity index (χ4n) is 6.57. The molecule has 2 amide bonds. The Morgan fingerprint density at radius 1 is 0.904 bits per heavy atom. The number of carbonyl (C=O) groups is 2. The number of aliphatic hydroxyl groups excluding tert-OH is 1. The van der Waals surface area contributed by atoms with Crippen LogP contribution in [0.3, 0.4) is 0 Å². The molecule has 1 saturated heterocycles. The highest BCUT2D eigenvalue weighted by atomic mass is 16.6. The zero-order valence-electron chi connectivity index (χ0n) is 29.5. The molecule has 11 nitrogen and oxygen atoms in total. The number of amides is 2. The van der Waals surface area contributed by atoms with E-state index >= 15 is 0 Å². The Morgan fingerprint density at radius 3 is 2.38 bits per heavy atom. The quantitative estimate of drug-likeness (QED) is 0.0861. The van der Waals surface area contributed by atoms with Crippen LogP contribution >= 0.6 is 0 Å². The van der Waals surface area contributed by atoms with Crippen molar-refractivity contribution in [2.45, 2.75) is 44.4 Å². The van der Waals surface area contributed by atoms with E-state index in [0.717, 1.165) is 52.7 Å². The van der Waals surface area contributed by atoms with E-state index in [-0.39, 0.29) is 36.3 Å². The number of aromatic hydroxyl groups is 1. The van der Waals surface area contributed by atoms with Gasteiger partial charge in [0, 0.05) is 55.1 Å². The number of aryl methyl sites for hydroxylation is 1. The molecule has 1 atom stereocenters. The summed E-state index contributed by atoms with van der Waals surface area (Å²) in [5, 5.41) is 30.7. The number of H-pyrrole nitrogens is 1. The molecule has 0 unspecified atom stereocenters. The standard InChI is InChI=1S/C41H45N5O6/c1-46(2)22-20-31(21-23-46)52-41(51)44-35-24-27(10-14-32(35)29-6-4-3-5-7-29)11-18-38(49)43-30-12-8-28(9-13-30)25-42-26-37(48)33-15-17-36(47)40-34(33)16-19-39(50)45-40/h3-10,12-17,19,24,31,37,42,48H,11,18,20-23,25-26H2,1-2H3,(H3-,43,44,45,47,49,50,51)/p+1/t37-/m1/s1. The molecule has 6 N–H and O–H groups in total. The lowest BCUT2D eigenvalue weighted by Crippen LogP contribution is -2.48. The summed E-state index contributed by atoms with van der Waals surface area (Å²) in [6.07, 6.45) is 0.957. The summed E-state index contributed by atoms with van der Waals surface area (Å²) in [6.45, 7) is 2.66. The number of nitrogens with zero attached hydrogens (tertiary/aromatic N) is 1. The number of rotatable bonds is 12. The van der Waals surface area contributed by atoms with Crippen LogP contribution in [0.25, 0.3) is 22.0 Å². The summed E-state index contributed by atoms with van der Waals surface area (Å²) in [4.78, 5) is 40.2. The number of fused-ring (bicyclic) bond motifs is 1. The number of carbonyl (C=O) groups excluding carboxylic acids is 2. The molecule has 1 fully saturated rings. The maximum atomic E-state index is 13.0. The van der Waals surface area contributed by atoms with Gasteiger partial charge in [0.1, 0.15) is 11.9 Å². The van der Waals surface area contributed by atoms with Crippen LogP contribution in [0.15, 0.2) is 102 Å². The lowest BCUT2D eigenvalue weighted by molar-refractivity contribution is -0.896. The van der Waals surface area contributed by atoms with Crippen molar-refractivity contribution >= 4 is 34.3 Å². The van der Waals surface area contributed by atoms with Crippen molar-refractivity contribution in [2.24, 2.45) is 0 Å². The van der Waals surface area contributed by atoms with Crippen LogP contribution in [0, 0.1) is 0 Å². The Labute approximate surface area is 302 Å². The Kier molecular flexibility index (Phi) is 11.3. The van der Waals surface area contributed by atoms with Gasteiger partial charge in [-0.25, -0.2) is 4.79 Å². The van der Waals surface area contributed by atoms with Crippen LogP contribution < -0.4 is 21.5 Å². The lowest BCUT2D eigenvalue weighted by atomic mass is 9.99. The molecule has 0 saturated carbocycles. The molecule has 1 aliphatic heterocycles. The fourth-order valence-corrected chi connectivity index (χ4v) is 6.57. The third kappa shape index (κ3) is 9.43. The summed E-state index contributed by atoms with van der Waals surface area (Å²) in [6, 6.07) is 29.3. The van der Waals surface area contributed by atoms with E-state index in [1.165, 1.54) is 12.1 Å². The third-order valence-corrected chi connectivity index (χ3v) is 9.60. The van der Waals surface area contributed by atoms with E-state index in [0.29, 0.717) is 40.8 Å². The molecule has 5 aromatic rings. The Balaban J connectivity index is 1.01. The summed E-state index contributed by atoms with van der Waals surface area (Å²) < 4.78 is 6.74. The van der Waals surface area contributed by atoms with Crippen LogP contribution in [0.1, 0.15) is 42.1 Å². The number of hydrogen-bond donors (Lipinski definition) is 6. The van der Waals surface area contributed by atoms with Crippen LogP contribution in [-0.4, -0.2) is 71.5 Å². The molecular formula is C41H46N5O6+. The normalized spacial score (nSPS) is 14.8. The van der Waals surface area contributed by atoms with Gasteiger partial charge in [-0.05, 0) is 59.0 Å². The molecule has 0 radical (unpaired) electrons. The average molecular weight is 705 g/mol. The van der Waals surface area contributed by atoms with Crippen LogP contribution in [0.5, 0.6) is 5.75 Å². The topological polar surface area (TPSA) is 153 Å². The first-order valence-corrected chi connectivity index (χ1v) is 17.6. The van der Waals surface area contributed by atoms with Gasteiger partial charge in [-0.15, -0.1) is 0 Å². The number of phenolic OH excluding ortho intramolecular Hbond substituents is 1. The number of benzene rings is 4. The fraction of sp³-hybridized carbons (Fsp3) is 0.293. The van der Waals surface area contributed by atoms with E-state index in [1.807, 2.05) is 72.8 Å². The number of likely N-dealkylation sites (tertiary alicyclic amines) is 1. The maximum absolute atomic E-state index is 13.0. The first-order chi connectivity index (χ1) is 25.0. The SMILES string of the molecule is C[N+]1(C)CCC(OC(=O)Nc2cc(CCC(=O)Nc3ccc(CNC[C@@H](O)c4ccc(O)c5[nH]c(=O)ccc45)cc3)ccc2-c2ccccc2)CC1. The van der Waals surface area contributed by atoms with Gasteiger partial charge in [-0.1, -0.05) is 60.7 Å². The summed E-state index contributed by atoms with van der Waals surface area (Å²) in [5.41, 5.74) is 5.60. The Hall–Kier alpha value is -5.49. The smallest absolute Gasteiger partial charge is 0.411 e. The molecule has 2 heterocycles. The zero-order chi connectivity index (χ0) is 36.7. The number of piperidine rings is 1. The molecular weight excluding hydrogens is 658 g/mol. The van der Waals surface area contributed by atoms with Crippen LogP contribution in [-0.2, 0) is 22.5 Å². The highest BCUT2D eigenvalue weighted by Crippen LogP contribution is 2.31. The number of phenols is 1. The van der Waals surface area contributed by atoms with Crippen molar-refractivity contribution in [3.05, 3.63) is 124 Å². The van der Waals surface area contributed by atoms with Crippen LogP contribution in [0.4, 0.5) is 16.2 Å². The van der Waals surface area contributed by atoms with Gasteiger partial charge in [0.05, 0.1) is 44.5 Å². The van der Waals surface area contributed by atoms with Gasteiger partial charge < -0.3 is 35.1 Å². The molecule has 1 aliphatic rings. The van der Waals surface area contributed by atoms with Crippen molar-refractivity contribution in [2.75, 3.05) is 44.4 Å². The number of anilines is 2. The molecule has 1 aromatic heterocycles. The molecule has 11 heteroatoms. The van der Waals surface area contributed by atoms with Gasteiger partial charge in [0.25, 0.3) is 0 Å². The minimum atomic E-state index is -0.864. The Bertz CT molecular complexity index is 2070. The summed E-state index contributed by atoms with van der Waals surface area (Å²) in [7, 11) is 4.38. The number of nitrogens with one attached hydrogen (secondary N) is 4. The van der Waals surface area contributed by atoms with E-state index in [4.69, 9.17) is 4.74 Å². The zero-order valence-corrected chi connectivity index (χ0v) is 29.5. The molecule has 270 valence electrons. The van der Waals surface area contributed by atoms with E-state index < -0.39 is 12.2 Å². The Morgan fingerprint density at radius 2 is 1.63 bits per heavy atom. The number of quaternary nitrogens is 1. The number of ether oxygens (including phenoxy) is 1. The van der Waals surface area contributed by atoms with Gasteiger partial charge in [-0.3, -0.25) is 14.9 Å². The van der Waals surface area contributed by atoms with E-state index in [1.54, 1.807) is 12.1 Å². The first kappa shape index (κ1) is 36.3. The maximum Gasteiger partial charge on any atom is 0.411 e.